The maximum Gasteiger partial charge on any atom is 0.243 e. The van der Waals surface area contributed by atoms with Gasteiger partial charge in [0.25, 0.3) is 0 Å². The lowest BCUT2D eigenvalue weighted by Gasteiger charge is -2.28. The predicted octanol–water partition coefficient (Wildman–Crippen LogP) is 3.73. The average molecular weight is 387 g/mol. The first-order chi connectivity index (χ1) is 12.8. The van der Waals surface area contributed by atoms with E-state index in [2.05, 4.69) is 5.32 Å². The Bertz CT molecular complexity index is 934. The smallest absolute Gasteiger partial charge is 0.243 e. The van der Waals surface area contributed by atoms with Crippen molar-refractivity contribution in [2.45, 2.75) is 45.1 Å². The average Bonchev–Trinajstić information content (AvgIpc) is 2.60. The Balaban J connectivity index is 1.79. The second-order valence-electron chi connectivity index (χ2n) is 7.53. The fourth-order valence-electron chi connectivity index (χ4n) is 3.26. The van der Waals surface area contributed by atoms with Crippen LogP contribution in [0, 0.1) is 12.8 Å². The molecular formula is C21H26N2O3S. The molecule has 27 heavy (non-hydrogen) atoms. The van der Waals surface area contributed by atoms with Gasteiger partial charge in [-0.2, -0.15) is 4.31 Å². The van der Waals surface area contributed by atoms with Gasteiger partial charge >= 0.3 is 0 Å². The monoisotopic (exact) mass is 386 g/mol. The van der Waals surface area contributed by atoms with Gasteiger partial charge in [-0.05, 0) is 54.7 Å². The van der Waals surface area contributed by atoms with Crippen molar-refractivity contribution in [3.05, 3.63) is 59.2 Å². The summed E-state index contributed by atoms with van der Waals surface area (Å²) in [6, 6.07) is 12.7. The molecule has 2 aromatic carbocycles. The van der Waals surface area contributed by atoms with Crippen LogP contribution in [0.1, 0.15) is 37.0 Å². The minimum absolute atomic E-state index is 0.0232. The number of aryl methyl sites for hydroxylation is 1. The normalized spacial score (nSPS) is 14.8. The van der Waals surface area contributed by atoms with Crippen molar-refractivity contribution in [2.75, 3.05) is 11.9 Å². The summed E-state index contributed by atoms with van der Waals surface area (Å²) < 4.78 is 27.4. The number of amides is 1. The molecule has 0 radical (unpaired) electrons. The van der Waals surface area contributed by atoms with Crippen molar-refractivity contribution >= 4 is 21.6 Å². The molecule has 144 valence electrons. The Hall–Kier alpha value is -2.18. The summed E-state index contributed by atoms with van der Waals surface area (Å²) >= 11 is 0. The third kappa shape index (κ3) is 4.57. The van der Waals surface area contributed by atoms with Crippen LogP contribution >= 0.6 is 0 Å². The van der Waals surface area contributed by atoms with E-state index in [4.69, 9.17) is 0 Å². The number of hydrogen-bond donors (Lipinski definition) is 1. The van der Waals surface area contributed by atoms with Crippen molar-refractivity contribution in [1.82, 2.24) is 4.31 Å². The Morgan fingerprint density at radius 3 is 2.48 bits per heavy atom. The second-order valence-corrected chi connectivity index (χ2v) is 9.47. The molecular weight excluding hydrogens is 360 g/mol. The van der Waals surface area contributed by atoms with Gasteiger partial charge in [-0.15, -0.1) is 0 Å². The highest BCUT2D eigenvalue weighted by atomic mass is 32.2. The van der Waals surface area contributed by atoms with Crippen molar-refractivity contribution in [2.24, 2.45) is 5.92 Å². The molecule has 0 saturated heterocycles. The van der Waals surface area contributed by atoms with E-state index in [9.17, 15) is 13.2 Å². The van der Waals surface area contributed by atoms with E-state index in [1.807, 2.05) is 51.1 Å². The fraction of sp³-hybridized carbons (Fsp3) is 0.381. The lowest BCUT2D eigenvalue weighted by molar-refractivity contribution is -0.116. The molecule has 0 saturated carbocycles. The summed E-state index contributed by atoms with van der Waals surface area (Å²) in [4.78, 5) is 12.3. The van der Waals surface area contributed by atoms with Crippen molar-refractivity contribution in [1.29, 1.82) is 0 Å². The molecule has 0 spiro atoms. The summed E-state index contributed by atoms with van der Waals surface area (Å²) in [6.07, 6.45) is 1.13. The van der Waals surface area contributed by atoms with Crippen LogP contribution in [0.5, 0.6) is 0 Å². The first kappa shape index (κ1) is 19.6. The second kappa shape index (κ2) is 7.82. The molecule has 0 bridgehead atoms. The molecule has 1 N–H and O–H groups in total. The molecule has 3 rings (SSSR count). The largest absolute Gasteiger partial charge is 0.326 e. The zero-order chi connectivity index (χ0) is 19.6. The zero-order valence-corrected chi connectivity index (χ0v) is 16.8. The number of sulfonamides is 1. The molecule has 6 heteroatoms. The van der Waals surface area contributed by atoms with Crippen LogP contribution in [0.15, 0.2) is 47.4 Å². The van der Waals surface area contributed by atoms with Crippen LogP contribution in [0.3, 0.4) is 0 Å². The van der Waals surface area contributed by atoms with E-state index in [1.54, 1.807) is 12.1 Å². The van der Waals surface area contributed by atoms with Gasteiger partial charge in [0, 0.05) is 25.2 Å². The number of anilines is 1. The lowest BCUT2D eigenvalue weighted by Crippen LogP contribution is -2.36. The van der Waals surface area contributed by atoms with Gasteiger partial charge in [0.15, 0.2) is 0 Å². The quantitative estimate of drug-likeness (QED) is 0.851. The Morgan fingerprint density at radius 2 is 1.81 bits per heavy atom. The number of carbonyl (C=O) groups excluding carboxylic acids is 1. The highest BCUT2D eigenvalue weighted by molar-refractivity contribution is 7.89. The minimum Gasteiger partial charge on any atom is -0.326 e. The van der Waals surface area contributed by atoms with Gasteiger partial charge in [-0.25, -0.2) is 8.42 Å². The zero-order valence-electron chi connectivity index (χ0n) is 16.0. The van der Waals surface area contributed by atoms with Gasteiger partial charge in [0.1, 0.15) is 0 Å². The van der Waals surface area contributed by atoms with Crippen molar-refractivity contribution in [3.8, 4) is 0 Å². The molecule has 1 aliphatic heterocycles. The maximum absolute atomic E-state index is 12.9. The highest BCUT2D eigenvalue weighted by Gasteiger charge is 2.28. The molecule has 0 aliphatic carbocycles. The van der Waals surface area contributed by atoms with Gasteiger partial charge in [0.2, 0.25) is 15.9 Å². The standard InChI is InChI=1S/C21H26N2O3S/c1-15(2)12-21(24)22-19-7-6-17-10-11-23(14-18(17)13-19)27(25,26)20-8-4-16(3)5-9-20/h4-9,13,15H,10-12,14H2,1-3H3,(H,22,24). The number of nitrogens with one attached hydrogen (secondary N) is 1. The molecule has 0 unspecified atom stereocenters. The number of nitrogens with zero attached hydrogens (tertiary/aromatic N) is 1. The molecule has 1 heterocycles. The third-order valence-electron chi connectivity index (χ3n) is 4.72. The van der Waals surface area contributed by atoms with Crippen LogP contribution in [-0.4, -0.2) is 25.2 Å². The molecule has 0 aromatic heterocycles. The van der Waals surface area contributed by atoms with Crippen LogP contribution in [0.25, 0.3) is 0 Å². The van der Waals surface area contributed by atoms with Gasteiger partial charge in [0.05, 0.1) is 4.90 Å². The van der Waals surface area contributed by atoms with Crippen molar-refractivity contribution in [3.63, 3.8) is 0 Å². The Labute approximate surface area is 161 Å². The summed E-state index contributed by atoms with van der Waals surface area (Å²) in [6.45, 7) is 6.71. The highest BCUT2D eigenvalue weighted by Crippen LogP contribution is 2.27. The van der Waals surface area contributed by atoms with Gasteiger partial charge in [-0.1, -0.05) is 37.6 Å². The number of carbonyl (C=O) groups is 1. The van der Waals surface area contributed by atoms with Crippen LogP contribution in [0.4, 0.5) is 5.69 Å². The van der Waals surface area contributed by atoms with Crippen LogP contribution in [0.2, 0.25) is 0 Å². The minimum atomic E-state index is -3.53. The molecule has 0 atom stereocenters. The summed E-state index contributed by atoms with van der Waals surface area (Å²) in [5.74, 6) is 0.266. The molecule has 0 fully saturated rings. The molecule has 2 aromatic rings. The first-order valence-electron chi connectivity index (χ1n) is 9.24. The van der Waals surface area contributed by atoms with E-state index in [-0.39, 0.29) is 11.8 Å². The van der Waals surface area contributed by atoms with Gasteiger partial charge < -0.3 is 5.32 Å². The SMILES string of the molecule is Cc1ccc(S(=O)(=O)N2CCc3ccc(NC(=O)CC(C)C)cc3C2)cc1. The Morgan fingerprint density at radius 1 is 1.11 bits per heavy atom. The summed E-state index contributed by atoms with van der Waals surface area (Å²) in [5.41, 5.74) is 3.82. The first-order valence-corrected chi connectivity index (χ1v) is 10.7. The molecule has 5 nitrogen and oxygen atoms in total. The summed E-state index contributed by atoms with van der Waals surface area (Å²) in [7, 11) is -3.53. The molecule has 1 amide bonds. The van der Waals surface area contributed by atoms with E-state index >= 15 is 0 Å². The van der Waals surface area contributed by atoms with Crippen molar-refractivity contribution < 1.29 is 13.2 Å². The number of rotatable bonds is 5. The number of hydrogen-bond acceptors (Lipinski definition) is 3. The predicted molar refractivity (Wildman–Crippen MR) is 107 cm³/mol. The van der Waals surface area contributed by atoms with Crippen LogP contribution < -0.4 is 5.32 Å². The maximum atomic E-state index is 12.9. The van der Waals surface area contributed by atoms with E-state index in [0.29, 0.717) is 36.5 Å². The lowest BCUT2D eigenvalue weighted by atomic mass is 10.0. The number of benzene rings is 2. The van der Waals surface area contributed by atoms with Gasteiger partial charge in [-0.3, -0.25) is 4.79 Å². The van der Waals surface area contributed by atoms with Crippen LogP contribution in [-0.2, 0) is 27.8 Å². The third-order valence-corrected chi connectivity index (χ3v) is 6.58. The molecule has 1 aliphatic rings. The fourth-order valence-corrected chi connectivity index (χ4v) is 4.68. The van der Waals surface area contributed by atoms with E-state index in [1.165, 1.54) is 4.31 Å². The Kier molecular flexibility index (Phi) is 5.67. The number of fused-ring (bicyclic) bond motifs is 1. The topological polar surface area (TPSA) is 66.5 Å². The summed E-state index contributed by atoms with van der Waals surface area (Å²) in [5, 5.41) is 2.91. The van der Waals surface area contributed by atoms with E-state index < -0.39 is 10.0 Å². The van der Waals surface area contributed by atoms with E-state index in [0.717, 1.165) is 16.7 Å².